The summed E-state index contributed by atoms with van der Waals surface area (Å²) in [6.45, 7) is 2.49. The predicted octanol–water partition coefficient (Wildman–Crippen LogP) is 2.26. The number of rotatable bonds is 3. The number of carbonyl (C=O) groups is 1. The number of hydrogen-bond donors (Lipinski definition) is 1. The van der Waals surface area contributed by atoms with Crippen LogP contribution in [0.3, 0.4) is 0 Å². The van der Waals surface area contributed by atoms with Gasteiger partial charge in [-0.15, -0.1) is 0 Å². The number of aryl methyl sites for hydroxylation is 1. The molecule has 3 aromatic rings. The Hall–Kier alpha value is -3.21. The van der Waals surface area contributed by atoms with Crippen LogP contribution < -0.4 is 4.90 Å². The maximum Gasteiger partial charge on any atom is 0.249 e. The van der Waals surface area contributed by atoms with E-state index >= 15 is 0 Å². The van der Waals surface area contributed by atoms with Crippen molar-refractivity contribution in [3.05, 3.63) is 24.7 Å². The maximum atomic E-state index is 13.3. The fourth-order valence-electron chi connectivity index (χ4n) is 4.31. The molecule has 5 rings (SSSR count). The Labute approximate surface area is 155 Å². The third kappa shape index (κ3) is 2.14. The van der Waals surface area contributed by atoms with Gasteiger partial charge in [-0.3, -0.25) is 19.5 Å². The third-order valence-corrected chi connectivity index (χ3v) is 5.93. The smallest absolute Gasteiger partial charge is 0.249 e. The second kappa shape index (κ2) is 5.39. The van der Waals surface area contributed by atoms with Gasteiger partial charge in [0.2, 0.25) is 5.91 Å². The molecular weight excluding hydrogens is 342 g/mol. The van der Waals surface area contributed by atoms with E-state index in [0.717, 1.165) is 29.4 Å². The number of aromatic amines is 1. The summed E-state index contributed by atoms with van der Waals surface area (Å²) in [4.78, 5) is 19.4. The van der Waals surface area contributed by atoms with Crippen LogP contribution in [0.2, 0.25) is 0 Å². The summed E-state index contributed by atoms with van der Waals surface area (Å²) >= 11 is 0. The van der Waals surface area contributed by atoms with Crippen LogP contribution in [0.25, 0.3) is 22.2 Å². The maximum absolute atomic E-state index is 13.3. The lowest BCUT2D eigenvalue weighted by Crippen LogP contribution is -2.37. The first kappa shape index (κ1) is 16.0. The van der Waals surface area contributed by atoms with Crippen LogP contribution in [0.4, 0.5) is 5.82 Å². The lowest BCUT2D eigenvalue weighted by molar-refractivity contribution is -0.124. The number of nitrogens with one attached hydrogen (secondary N) is 1. The SMILES string of the molecule is C[C@@H]1CN(c2n[nH]c3ncc(-c4cnn(C)c4)cc23)C(=O)[C@]1(C#N)C1CC1. The van der Waals surface area contributed by atoms with Crippen molar-refractivity contribution in [2.45, 2.75) is 19.8 Å². The van der Waals surface area contributed by atoms with E-state index in [-0.39, 0.29) is 17.7 Å². The highest BCUT2D eigenvalue weighted by Gasteiger charge is 2.61. The van der Waals surface area contributed by atoms with Crippen molar-refractivity contribution in [1.82, 2.24) is 25.0 Å². The summed E-state index contributed by atoms with van der Waals surface area (Å²) in [6, 6.07) is 4.33. The highest BCUT2D eigenvalue weighted by molar-refractivity contribution is 6.07. The molecule has 1 saturated carbocycles. The lowest BCUT2D eigenvalue weighted by atomic mass is 9.75. The standard InChI is InChI=1S/C19H19N7O/c1-11-8-26(18(27)19(11,10-20)14-3-4-14)17-15-5-12(6-21-16(15)23-24-17)13-7-22-25(2)9-13/h5-7,9,11,14H,3-4,8H2,1-2H3,(H,21,23,24)/t11-,19+/m1/s1. The topological polar surface area (TPSA) is 103 Å². The minimum atomic E-state index is -0.917. The molecule has 2 fully saturated rings. The van der Waals surface area contributed by atoms with Crippen LogP contribution in [0.5, 0.6) is 0 Å². The Balaban J connectivity index is 1.59. The molecule has 1 aliphatic heterocycles. The van der Waals surface area contributed by atoms with Gasteiger partial charge < -0.3 is 0 Å². The molecule has 3 aromatic heterocycles. The van der Waals surface area contributed by atoms with E-state index in [2.05, 4.69) is 26.3 Å². The number of carbonyl (C=O) groups excluding carboxylic acids is 1. The van der Waals surface area contributed by atoms with Gasteiger partial charge in [-0.05, 0) is 24.8 Å². The molecule has 0 aromatic carbocycles. The summed E-state index contributed by atoms with van der Waals surface area (Å²) in [5.41, 5.74) is 1.56. The zero-order chi connectivity index (χ0) is 18.8. The second-order valence-corrected chi connectivity index (χ2v) is 7.64. The number of aromatic nitrogens is 5. The van der Waals surface area contributed by atoms with Gasteiger partial charge in [0.15, 0.2) is 11.5 Å². The fourth-order valence-corrected chi connectivity index (χ4v) is 4.31. The van der Waals surface area contributed by atoms with Gasteiger partial charge in [-0.2, -0.15) is 15.5 Å². The first-order valence-electron chi connectivity index (χ1n) is 9.11. The molecule has 1 aliphatic carbocycles. The van der Waals surface area contributed by atoms with E-state index in [0.29, 0.717) is 18.0 Å². The first-order chi connectivity index (χ1) is 13.0. The van der Waals surface area contributed by atoms with Gasteiger partial charge in [-0.1, -0.05) is 6.92 Å². The zero-order valence-electron chi connectivity index (χ0n) is 15.2. The lowest BCUT2D eigenvalue weighted by Gasteiger charge is -2.22. The van der Waals surface area contributed by atoms with E-state index < -0.39 is 5.41 Å². The minimum Gasteiger partial charge on any atom is -0.293 e. The minimum absolute atomic E-state index is 0.0243. The van der Waals surface area contributed by atoms with Gasteiger partial charge in [0.05, 0.1) is 17.7 Å². The number of amides is 1. The summed E-state index contributed by atoms with van der Waals surface area (Å²) in [6.07, 6.45) is 7.36. The van der Waals surface area contributed by atoms with Crippen LogP contribution in [-0.2, 0) is 11.8 Å². The number of fused-ring (bicyclic) bond motifs is 1. The molecule has 136 valence electrons. The monoisotopic (exact) mass is 361 g/mol. The molecule has 0 bridgehead atoms. The normalized spacial score (nSPS) is 25.3. The highest BCUT2D eigenvalue weighted by atomic mass is 16.2. The molecule has 27 heavy (non-hydrogen) atoms. The molecule has 2 atom stereocenters. The molecule has 1 N–H and O–H groups in total. The average Bonchev–Trinajstić information content (AvgIpc) is 3.19. The van der Waals surface area contributed by atoms with Crippen molar-refractivity contribution in [2.24, 2.45) is 24.3 Å². The predicted molar refractivity (Wildman–Crippen MR) is 98.4 cm³/mol. The number of nitrogens with zero attached hydrogens (tertiary/aromatic N) is 6. The summed E-state index contributed by atoms with van der Waals surface area (Å²) in [5, 5.41) is 22.1. The fraction of sp³-hybridized carbons (Fsp3) is 0.421. The van der Waals surface area contributed by atoms with Crippen LogP contribution in [0.1, 0.15) is 19.8 Å². The third-order valence-electron chi connectivity index (χ3n) is 5.93. The molecule has 8 nitrogen and oxygen atoms in total. The quantitative estimate of drug-likeness (QED) is 0.771. The van der Waals surface area contributed by atoms with Gasteiger partial charge in [0.25, 0.3) is 0 Å². The summed E-state index contributed by atoms with van der Waals surface area (Å²) < 4.78 is 1.73. The van der Waals surface area contributed by atoms with E-state index in [1.807, 2.05) is 26.2 Å². The van der Waals surface area contributed by atoms with Crippen LogP contribution in [-0.4, -0.2) is 37.4 Å². The first-order valence-corrected chi connectivity index (χ1v) is 9.11. The van der Waals surface area contributed by atoms with Gasteiger partial charge in [0, 0.05) is 43.0 Å². The molecule has 0 unspecified atom stereocenters. The van der Waals surface area contributed by atoms with Crippen molar-refractivity contribution in [2.75, 3.05) is 11.4 Å². The number of nitriles is 1. The van der Waals surface area contributed by atoms with Crippen molar-refractivity contribution < 1.29 is 4.79 Å². The molecular formula is C19H19N7O. The van der Waals surface area contributed by atoms with Crippen molar-refractivity contribution in [1.29, 1.82) is 5.26 Å². The Kier molecular flexibility index (Phi) is 3.20. The van der Waals surface area contributed by atoms with E-state index in [1.165, 1.54) is 0 Å². The number of anilines is 1. The highest BCUT2D eigenvalue weighted by Crippen LogP contribution is 2.54. The average molecular weight is 361 g/mol. The van der Waals surface area contributed by atoms with Gasteiger partial charge in [-0.25, -0.2) is 4.98 Å². The van der Waals surface area contributed by atoms with Gasteiger partial charge in [0.1, 0.15) is 5.41 Å². The number of H-pyrrole nitrogens is 1. The van der Waals surface area contributed by atoms with E-state index in [1.54, 1.807) is 22.0 Å². The molecule has 2 aliphatic rings. The number of hydrogen-bond acceptors (Lipinski definition) is 5. The molecule has 0 radical (unpaired) electrons. The Bertz CT molecular complexity index is 1100. The van der Waals surface area contributed by atoms with Crippen molar-refractivity contribution >= 4 is 22.8 Å². The largest absolute Gasteiger partial charge is 0.293 e. The molecule has 4 heterocycles. The molecule has 0 spiro atoms. The Morgan fingerprint density at radius 3 is 2.81 bits per heavy atom. The Morgan fingerprint density at radius 2 is 2.15 bits per heavy atom. The number of pyridine rings is 1. The zero-order valence-corrected chi connectivity index (χ0v) is 15.2. The van der Waals surface area contributed by atoms with Crippen molar-refractivity contribution in [3.63, 3.8) is 0 Å². The second-order valence-electron chi connectivity index (χ2n) is 7.64. The Morgan fingerprint density at radius 1 is 1.33 bits per heavy atom. The van der Waals surface area contributed by atoms with E-state index in [9.17, 15) is 10.1 Å². The van der Waals surface area contributed by atoms with Crippen LogP contribution in [0.15, 0.2) is 24.7 Å². The molecule has 1 saturated heterocycles. The van der Waals surface area contributed by atoms with Gasteiger partial charge >= 0.3 is 0 Å². The summed E-state index contributed by atoms with van der Waals surface area (Å²) in [5.74, 6) is 0.575. The van der Waals surface area contributed by atoms with E-state index in [4.69, 9.17) is 0 Å². The molecule has 1 amide bonds. The van der Waals surface area contributed by atoms with Crippen LogP contribution in [0, 0.1) is 28.6 Å². The van der Waals surface area contributed by atoms with Crippen LogP contribution >= 0.6 is 0 Å². The van der Waals surface area contributed by atoms with Crippen molar-refractivity contribution in [3.8, 4) is 17.2 Å². The summed E-state index contributed by atoms with van der Waals surface area (Å²) in [7, 11) is 1.86. The molecule has 8 heteroatoms.